The Hall–Kier alpha value is -12.2. The lowest BCUT2D eigenvalue weighted by Crippen LogP contribution is -2.48. The normalized spacial score (nSPS) is 14.4. The topological polar surface area (TPSA) is 452 Å². The number of amides is 11. The molecule has 0 unspecified atom stereocenters. The molecule has 636 valence electrons. The summed E-state index contributed by atoms with van der Waals surface area (Å²) >= 11 is 6.63. The molecular formula is C81H99ClN16O21. The lowest BCUT2D eigenvalue weighted by molar-refractivity contribution is -0.149. The summed E-state index contributed by atoms with van der Waals surface area (Å²) in [5.41, 5.74) is 10.4. The summed E-state index contributed by atoms with van der Waals surface area (Å²) in [7, 11) is 3.48. The molecule has 10 rings (SSSR count). The van der Waals surface area contributed by atoms with Gasteiger partial charge in [0, 0.05) is 119 Å². The molecule has 3 aromatic heterocycles. The third-order valence-electron chi connectivity index (χ3n) is 19.9. The van der Waals surface area contributed by atoms with Crippen molar-refractivity contribution in [2.45, 2.75) is 78.1 Å². The molecule has 3 atom stereocenters. The number of aliphatic hydroxyl groups is 1. The van der Waals surface area contributed by atoms with E-state index in [1.807, 2.05) is 32.2 Å². The van der Waals surface area contributed by atoms with Crippen LogP contribution in [0.15, 0.2) is 109 Å². The van der Waals surface area contributed by atoms with Crippen LogP contribution in [0.25, 0.3) is 21.8 Å². The maximum absolute atomic E-state index is 14.6. The van der Waals surface area contributed by atoms with Gasteiger partial charge in [0.1, 0.15) is 48.4 Å². The second kappa shape index (κ2) is 43.9. The standard InChI is InChI=1S/C81H99ClN16O21/c1-51(2)62(43-70(103)115-38-36-113-33-29-96-49-59(90-91-96)47-86-78(108)116-39-37-114-34-30-97-68(101)19-20-69(97)102)75(105)89-63(10-7-21-84-77(83)107)66(100)40-53-11-13-54(14-12-53)50-117-79(109)93(5)24-27-95(28-32-112-35-31-99)80(110)118-60-17-15-55(16-18-60)74(104)87-58-41-56-42-64(88-73(56)85-46-58)76(106)98-48-57(45-82)72-65(98)44-67(61-9-6-8-52(3)71(61)72)119-81(111)94-25-22-92(4)23-26-94/h6,8-9,11-20,41-42,44,46,49,51,57,62-63,99H,7,10,21-40,43,45,47-48,50H2,1-5H3,(H,85,88)(H,86,108)(H,87,104)(H,89,105)(H3,83,84,107)/t57-,62+,63+/m1/s1. The van der Waals surface area contributed by atoms with Crippen LogP contribution in [-0.2, 0) is 78.5 Å². The number of alkyl carbamates (subject to hydrolysis) is 1. The van der Waals surface area contributed by atoms with Crippen LogP contribution in [0.3, 0.4) is 0 Å². The van der Waals surface area contributed by atoms with E-state index in [0.29, 0.717) is 71.2 Å². The second-order valence-corrected chi connectivity index (χ2v) is 29.1. The second-order valence-electron chi connectivity index (χ2n) is 28.8. The molecule has 1 saturated heterocycles. The third-order valence-corrected chi connectivity index (χ3v) is 20.3. The van der Waals surface area contributed by atoms with Crippen LogP contribution in [0.4, 0.5) is 35.3 Å². The Morgan fingerprint density at radius 1 is 0.773 bits per heavy atom. The molecule has 0 saturated carbocycles. The van der Waals surface area contributed by atoms with Crippen LogP contribution in [0.2, 0.25) is 0 Å². The molecule has 6 heterocycles. The van der Waals surface area contributed by atoms with Gasteiger partial charge >= 0.3 is 36.4 Å². The van der Waals surface area contributed by atoms with Crippen LogP contribution in [0, 0.1) is 18.8 Å². The number of fused-ring (bicyclic) bond motifs is 4. The van der Waals surface area contributed by atoms with Gasteiger partial charge in [-0.25, -0.2) is 33.6 Å². The number of hydrogen-bond donors (Lipinski definition) is 7. The molecule has 3 aliphatic heterocycles. The van der Waals surface area contributed by atoms with E-state index in [1.165, 1.54) is 64.1 Å². The predicted molar refractivity (Wildman–Crippen MR) is 431 cm³/mol. The Kier molecular flexibility index (Phi) is 32.9. The van der Waals surface area contributed by atoms with E-state index in [2.05, 4.69) is 46.4 Å². The highest BCUT2D eigenvalue weighted by Crippen LogP contribution is 2.47. The summed E-state index contributed by atoms with van der Waals surface area (Å²) in [4.78, 5) is 173. The van der Waals surface area contributed by atoms with Gasteiger partial charge in [0.2, 0.25) is 5.91 Å². The molecule has 11 amide bonds. The van der Waals surface area contributed by atoms with Gasteiger partial charge in [0.25, 0.3) is 23.6 Å². The van der Waals surface area contributed by atoms with E-state index in [9.17, 15) is 62.6 Å². The molecule has 0 spiro atoms. The van der Waals surface area contributed by atoms with Gasteiger partial charge in [-0.3, -0.25) is 38.5 Å². The number of nitrogens with zero attached hydrogens (tertiary/aromatic N) is 10. The zero-order valence-corrected chi connectivity index (χ0v) is 67.6. The van der Waals surface area contributed by atoms with Crippen molar-refractivity contribution in [2.75, 3.05) is 155 Å². The average Bonchev–Trinajstić information content (AvgIpc) is 1.46. The fourth-order valence-electron chi connectivity index (χ4n) is 13.3. The number of esters is 1. The number of carbonyl (C=O) groups excluding carboxylic acids is 12. The highest BCUT2D eigenvalue weighted by atomic mass is 35.5. The number of pyridine rings is 1. The highest BCUT2D eigenvalue weighted by Gasteiger charge is 2.38. The van der Waals surface area contributed by atoms with Gasteiger partial charge < -0.3 is 99.5 Å². The van der Waals surface area contributed by atoms with Gasteiger partial charge in [-0.05, 0) is 96.8 Å². The molecule has 8 N–H and O–H groups in total. The molecule has 0 aliphatic carbocycles. The number of ether oxygens (including phenoxy) is 8. The van der Waals surface area contributed by atoms with Gasteiger partial charge in [-0.1, -0.05) is 61.5 Å². The summed E-state index contributed by atoms with van der Waals surface area (Å²) < 4.78 is 45.8. The van der Waals surface area contributed by atoms with Crippen molar-refractivity contribution in [1.82, 2.24) is 65.4 Å². The van der Waals surface area contributed by atoms with Crippen molar-refractivity contribution in [3.8, 4) is 11.5 Å². The first-order chi connectivity index (χ1) is 57.3. The van der Waals surface area contributed by atoms with Crippen molar-refractivity contribution >= 4 is 116 Å². The van der Waals surface area contributed by atoms with Gasteiger partial charge in [0.05, 0.1) is 108 Å². The molecule has 38 heteroatoms. The fraction of sp³-hybridized carbons (Fsp3) is 0.444. The van der Waals surface area contributed by atoms with E-state index >= 15 is 0 Å². The molecular weight excluding hydrogens is 1570 g/mol. The molecule has 119 heavy (non-hydrogen) atoms. The Balaban J connectivity index is 0.643. The van der Waals surface area contributed by atoms with Crippen molar-refractivity contribution in [2.24, 2.45) is 17.6 Å². The molecule has 0 bridgehead atoms. The van der Waals surface area contributed by atoms with E-state index < -0.39 is 72.0 Å². The maximum Gasteiger partial charge on any atom is 0.415 e. The van der Waals surface area contributed by atoms with Gasteiger partial charge in [0.15, 0.2) is 5.78 Å². The summed E-state index contributed by atoms with van der Waals surface area (Å²) in [6.45, 7) is 8.46. The van der Waals surface area contributed by atoms with Gasteiger partial charge in [-0.2, -0.15) is 0 Å². The number of primary amides is 1. The number of likely N-dealkylation sites (N-methyl/N-ethyl adjacent to an activating group) is 2. The summed E-state index contributed by atoms with van der Waals surface area (Å²) in [6.07, 6.45) is 2.68. The number of halogens is 1. The summed E-state index contributed by atoms with van der Waals surface area (Å²) in [6, 6.07) is 21.6. The molecule has 1 fully saturated rings. The number of imide groups is 1. The predicted octanol–water partition coefficient (Wildman–Crippen LogP) is 5.81. The Morgan fingerprint density at radius 3 is 2.20 bits per heavy atom. The van der Waals surface area contributed by atoms with E-state index in [0.717, 1.165) is 26.8 Å². The smallest absolute Gasteiger partial charge is 0.415 e. The number of alkyl halides is 1. The number of piperazine rings is 1. The third kappa shape index (κ3) is 25.7. The minimum Gasteiger partial charge on any atom is -0.463 e. The number of ketones is 1. The van der Waals surface area contributed by atoms with Gasteiger partial charge in [-0.15, -0.1) is 16.7 Å². The molecule has 0 radical (unpaired) electrons. The van der Waals surface area contributed by atoms with E-state index in [1.54, 1.807) is 72.3 Å². The zero-order valence-electron chi connectivity index (χ0n) is 66.8. The fourth-order valence-corrected chi connectivity index (χ4v) is 13.5. The Labute approximate surface area is 690 Å². The number of hydrogen-bond acceptors (Lipinski definition) is 25. The van der Waals surface area contributed by atoms with E-state index in [4.69, 9.17) is 55.2 Å². The first-order valence-electron chi connectivity index (χ1n) is 38.9. The zero-order chi connectivity index (χ0) is 85.1. The van der Waals surface area contributed by atoms with Crippen LogP contribution in [0.5, 0.6) is 11.5 Å². The van der Waals surface area contributed by atoms with Crippen LogP contribution >= 0.6 is 11.6 Å². The Morgan fingerprint density at radius 2 is 1.49 bits per heavy atom. The number of Topliss-reactive ketones (excluding diaryl/α,β-unsaturated/α-hetero) is 1. The molecule has 3 aliphatic rings. The quantitative estimate of drug-likeness (QED) is 0.00780. The largest absolute Gasteiger partial charge is 0.463 e. The summed E-state index contributed by atoms with van der Waals surface area (Å²) in [5.74, 6) is -4.07. The van der Waals surface area contributed by atoms with Crippen molar-refractivity contribution < 1.29 is 101 Å². The number of H-pyrrole nitrogens is 1. The van der Waals surface area contributed by atoms with Crippen molar-refractivity contribution in [3.05, 3.63) is 149 Å². The first kappa shape index (κ1) is 89.2. The van der Waals surface area contributed by atoms with Crippen LogP contribution in [-0.4, -0.2) is 277 Å². The summed E-state index contributed by atoms with van der Waals surface area (Å²) in [5, 5.41) is 30.2. The van der Waals surface area contributed by atoms with Crippen molar-refractivity contribution in [1.29, 1.82) is 0 Å². The minimum absolute atomic E-state index is 0.00993. The number of urea groups is 1. The monoisotopic (exact) mass is 1670 g/mol. The number of anilines is 2. The SMILES string of the molecule is Cc1cccc2c(OC(=O)N3CCN(C)CC3)cc3c(c12)[C@H](CCl)CN3C(=O)c1cc2cc(NC(=O)c3ccc(OC(=O)N(CCOCCO)CCN(C)C(=O)OCc4ccc(CC(=O)[C@H](CCCNC(N)=O)NC(=O)[C@@H](CC(=O)OCCOCCn5cc(CNC(=O)OCCOCCN6C(=O)C=CC6=O)nn5)C(C)C)cc4)cc3)cnc2[nH]1. The number of rotatable bonds is 42. The number of nitrogens with one attached hydrogen (secondary N) is 5. The number of aliphatic hydroxyl groups excluding tert-OH is 1. The lowest BCUT2D eigenvalue weighted by atomic mass is 9.90. The lowest BCUT2D eigenvalue weighted by Gasteiger charge is -2.31. The highest BCUT2D eigenvalue weighted by molar-refractivity contribution is 6.20. The number of aromatic amines is 1. The number of aromatic nitrogens is 5. The molecule has 7 aromatic rings. The minimum atomic E-state index is -1.02. The number of aryl methyl sites for hydroxylation is 1. The van der Waals surface area contributed by atoms with Crippen LogP contribution < -0.4 is 41.4 Å². The van der Waals surface area contributed by atoms with Crippen molar-refractivity contribution in [3.63, 3.8) is 0 Å². The van der Waals surface area contributed by atoms with Crippen LogP contribution in [0.1, 0.15) is 87.8 Å². The Bertz CT molecular complexity index is 4770. The van der Waals surface area contributed by atoms with E-state index in [-0.39, 0.29) is 191 Å². The molecule has 4 aromatic carbocycles. The average molecular weight is 1670 g/mol. The maximum atomic E-state index is 14.6. The number of nitrogens with two attached hydrogens (primary N) is 1. The molecule has 37 nitrogen and oxygen atoms in total. The first-order valence-corrected chi connectivity index (χ1v) is 39.5. The number of benzene rings is 4. The number of carbonyl (C=O) groups is 12.